The first kappa shape index (κ1) is 12.9. The maximum atomic E-state index is 11.7. The maximum absolute atomic E-state index is 11.7. The second-order valence-corrected chi connectivity index (χ2v) is 6.02. The van der Waals surface area contributed by atoms with Gasteiger partial charge in [-0.2, -0.15) is 0 Å². The van der Waals surface area contributed by atoms with Crippen LogP contribution in [0.1, 0.15) is 20.3 Å². The average molecular weight is 236 g/mol. The largest absolute Gasteiger partial charge is 0.377 e. The molecule has 6 heteroatoms. The van der Waals surface area contributed by atoms with Crippen LogP contribution < -0.4 is 10.0 Å². The second-order valence-electron chi connectivity index (χ2n) is 3.97. The topological polar surface area (TPSA) is 67.4 Å². The lowest BCUT2D eigenvalue weighted by atomic mass is 10.4. The number of ether oxygens (including phenoxy) is 1. The molecule has 0 amide bonds. The predicted molar refractivity (Wildman–Crippen MR) is 59.3 cm³/mol. The minimum absolute atomic E-state index is 0.141. The summed E-state index contributed by atoms with van der Waals surface area (Å²) in [7, 11) is -3.15. The molecular weight excluding hydrogens is 216 g/mol. The molecule has 0 radical (unpaired) electrons. The second kappa shape index (κ2) is 5.79. The maximum Gasteiger partial charge on any atom is 0.215 e. The smallest absolute Gasteiger partial charge is 0.215 e. The molecule has 1 fully saturated rings. The molecule has 1 heterocycles. The molecule has 1 aliphatic heterocycles. The molecule has 0 aliphatic carbocycles. The van der Waals surface area contributed by atoms with Gasteiger partial charge in [-0.25, -0.2) is 13.1 Å². The lowest BCUT2D eigenvalue weighted by molar-refractivity contribution is 0.0833. The Balaban J connectivity index is 2.24. The Labute approximate surface area is 91.6 Å². The Morgan fingerprint density at radius 1 is 1.53 bits per heavy atom. The van der Waals surface area contributed by atoms with Crippen LogP contribution in [0.15, 0.2) is 0 Å². The Bertz CT molecular complexity index is 271. The number of nitrogens with one attached hydrogen (secondary N) is 2. The predicted octanol–water partition coefficient (Wildman–Crippen LogP) is -0.307. The van der Waals surface area contributed by atoms with E-state index in [-0.39, 0.29) is 11.4 Å². The first-order valence-electron chi connectivity index (χ1n) is 5.33. The fourth-order valence-electron chi connectivity index (χ4n) is 1.49. The van der Waals surface area contributed by atoms with Gasteiger partial charge < -0.3 is 10.1 Å². The third-order valence-corrected chi connectivity index (χ3v) is 4.20. The molecular formula is C9H20N2O3S. The summed E-state index contributed by atoms with van der Waals surface area (Å²) in [5.41, 5.74) is 0. The van der Waals surface area contributed by atoms with Crippen LogP contribution in [0.25, 0.3) is 0 Å². The molecule has 1 saturated heterocycles. The third-order valence-electron chi connectivity index (χ3n) is 2.31. The van der Waals surface area contributed by atoms with Gasteiger partial charge in [0.15, 0.2) is 0 Å². The van der Waals surface area contributed by atoms with E-state index in [0.717, 1.165) is 6.54 Å². The van der Waals surface area contributed by atoms with Crippen LogP contribution in [0.4, 0.5) is 0 Å². The van der Waals surface area contributed by atoms with E-state index in [9.17, 15) is 8.42 Å². The van der Waals surface area contributed by atoms with Crippen molar-refractivity contribution in [3.8, 4) is 0 Å². The molecule has 0 spiro atoms. The zero-order valence-electron chi connectivity index (χ0n) is 9.32. The van der Waals surface area contributed by atoms with E-state index in [1.165, 1.54) is 0 Å². The average Bonchev–Trinajstić information content (AvgIpc) is 2.65. The van der Waals surface area contributed by atoms with Crippen molar-refractivity contribution in [1.82, 2.24) is 10.0 Å². The van der Waals surface area contributed by atoms with Crippen molar-refractivity contribution in [2.45, 2.75) is 31.6 Å². The van der Waals surface area contributed by atoms with Gasteiger partial charge in [-0.3, -0.25) is 0 Å². The molecule has 1 rings (SSSR count). The van der Waals surface area contributed by atoms with Crippen LogP contribution in [0.2, 0.25) is 0 Å². The summed E-state index contributed by atoms with van der Waals surface area (Å²) in [6.07, 6.45) is 0.836. The van der Waals surface area contributed by atoms with Crippen molar-refractivity contribution in [3.05, 3.63) is 0 Å². The molecule has 0 aromatic heterocycles. The van der Waals surface area contributed by atoms with Crippen molar-refractivity contribution in [2.24, 2.45) is 0 Å². The monoisotopic (exact) mass is 236 g/mol. The Kier molecular flexibility index (Phi) is 4.98. The molecule has 0 bridgehead atoms. The molecule has 1 atom stereocenters. The van der Waals surface area contributed by atoms with Crippen LogP contribution in [0.3, 0.4) is 0 Å². The number of sulfonamides is 1. The molecule has 1 unspecified atom stereocenters. The van der Waals surface area contributed by atoms with Crippen molar-refractivity contribution >= 4 is 10.0 Å². The van der Waals surface area contributed by atoms with Crippen LogP contribution in [-0.4, -0.2) is 46.0 Å². The fraction of sp³-hybridized carbons (Fsp3) is 1.00. The first-order chi connectivity index (χ1) is 7.02. The van der Waals surface area contributed by atoms with Crippen LogP contribution in [0.5, 0.6) is 0 Å². The highest BCUT2D eigenvalue weighted by molar-refractivity contribution is 7.90. The molecule has 0 aromatic rings. The van der Waals surface area contributed by atoms with E-state index >= 15 is 0 Å². The normalized spacial score (nSPS) is 22.5. The Hall–Kier alpha value is -0.170. The van der Waals surface area contributed by atoms with E-state index in [1.54, 1.807) is 0 Å². The quantitative estimate of drug-likeness (QED) is 0.621. The summed E-state index contributed by atoms with van der Waals surface area (Å²) in [6.45, 7) is 5.98. The number of hydrogen-bond donors (Lipinski definition) is 2. The molecule has 2 N–H and O–H groups in total. The van der Waals surface area contributed by atoms with Gasteiger partial charge in [-0.1, -0.05) is 0 Å². The van der Waals surface area contributed by atoms with Crippen LogP contribution in [0, 0.1) is 0 Å². The standard InChI is InChI=1S/C9H20N2O3S/c1-8(2)14-6-5-11-15(12,13)9-3-4-10-7-9/h8-11H,3-7H2,1-2H3. The van der Waals surface area contributed by atoms with Gasteiger partial charge in [0.05, 0.1) is 18.0 Å². The number of rotatable bonds is 6. The summed E-state index contributed by atoms with van der Waals surface area (Å²) < 4.78 is 31.2. The minimum Gasteiger partial charge on any atom is -0.377 e. The van der Waals surface area contributed by atoms with Gasteiger partial charge in [-0.05, 0) is 26.8 Å². The molecule has 5 nitrogen and oxygen atoms in total. The minimum atomic E-state index is -3.15. The van der Waals surface area contributed by atoms with Gasteiger partial charge >= 0.3 is 0 Å². The van der Waals surface area contributed by atoms with Crippen molar-refractivity contribution in [2.75, 3.05) is 26.2 Å². The highest BCUT2D eigenvalue weighted by Crippen LogP contribution is 2.07. The van der Waals surface area contributed by atoms with Crippen LogP contribution in [-0.2, 0) is 14.8 Å². The van der Waals surface area contributed by atoms with Crippen LogP contribution >= 0.6 is 0 Å². The van der Waals surface area contributed by atoms with Gasteiger partial charge in [-0.15, -0.1) is 0 Å². The Morgan fingerprint density at radius 3 is 2.80 bits per heavy atom. The zero-order valence-corrected chi connectivity index (χ0v) is 10.1. The lowest BCUT2D eigenvalue weighted by Gasteiger charge is -2.12. The highest BCUT2D eigenvalue weighted by atomic mass is 32.2. The van der Waals surface area contributed by atoms with Crippen molar-refractivity contribution in [3.63, 3.8) is 0 Å². The van der Waals surface area contributed by atoms with Gasteiger partial charge in [0.2, 0.25) is 10.0 Å². The molecule has 0 saturated carbocycles. The van der Waals surface area contributed by atoms with Crippen molar-refractivity contribution in [1.29, 1.82) is 0 Å². The summed E-state index contributed by atoms with van der Waals surface area (Å²) in [5, 5.41) is 2.76. The highest BCUT2D eigenvalue weighted by Gasteiger charge is 2.27. The van der Waals surface area contributed by atoms with E-state index in [2.05, 4.69) is 10.0 Å². The third kappa shape index (κ3) is 4.46. The van der Waals surface area contributed by atoms with Gasteiger partial charge in [0.25, 0.3) is 0 Å². The SMILES string of the molecule is CC(C)OCCNS(=O)(=O)C1CCNC1. The van der Waals surface area contributed by atoms with E-state index in [0.29, 0.717) is 26.1 Å². The summed E-state index contributed by atoms with van der Waals surface area (Å²) in [5.74, 6) is 0. The lowest BCUT2D eigenvalue weighted by Crippen LogP contribution is -2.37. The van der Waals surface area contributed by atoms with Crippen molar-refractivity contribution < 1.29 is 13.2 Å². The molecule has 15 heavy (non-hydrogen) atoms. The fourth-order valence-corrected chi connectivity index (χ4v) is 2.86. The van der Waals surface area contributed by atoms with Gasteiger partial charge in [0.1, 0.15) is 0 Å². The summed E-state index contributed by atoms with van der Waals surface area (Å²) >= 11 is 0. The van der Waals surface area contributed by atoms with E-state index < -0.39 is 10.0 Å². The zero-order chi connectivity index (χ0) is 11.3. The number of hydrogen-bond acceptors (Lipinski definition) is 4. The Morgan fingerprint density at radius 2 is 2.27 bits per heavy atom. The summed E-state index contributed by atoms with van der Waals surface area (Å²) in [4.78, 5) is 0. The van der Waals surface area contributed by atoms with E-state index in [4.69, 9.17) is 4.74 Å². The molecule has 1 aliphatic rings. The summed E-state index contributed by atoms with van der Waals surface area (Å²) in [6, 6.07) is 0. The molecule has 90 valence electrons. The van der Waals surface area contributed by atoms with Gasteiger partial charge in [0, 0.05) is 13.1 Å². The first-order valence-corrected chi connectivity index (χ1v) is 6.88. The van der Waals surface area contributed by atoms with E-state index in [1.807, 2.05) is 13.8 Å². The molecule has 0 aromatic carbocycles.